The number of para-hydroxylation sites is 1. The number of rotatable bonds is 7. The summed E-state index contributed by atoms with van der Waals surface area (Å²) in [6, 6.07) is 20.5. The first-order chi connectivity index (χ1) is 15.0. The summed E-state index contributed by atoms with van der Waals surface area (Å²) >= 11 is 0. The highest BCUT2D eigenvalue weighted by atomic mass is 19.1. The fourth-order valence-corrected chi connectivity index (χ4v) is 2.86. The van der Waals surface area contributed by atoms with Gasteiger partial charge in [0.2, 0.25) is 0 Å². The number of nitrogens with zero attached hydrogens (tertiary/aromatic N) is 1. The van der Waals surface area contributed by atoms with Crippen molar-refractivity contribution in [2.45, 2.75) is 13.5 Å². The summed E-state index contributed by atoms with van der Waals surface area (Å²) in [6.07, 6.45) is 1.43. The maximum atomic E-state index is 13.9. The average Bonchev–Trinajstić information content (AvgIpc) is 2.78. The molecule has 0 saturated carbocycles. The Labute approximate surface area is 180 Å². The normalized spacial score (nSPS) is 10.8. The molecule has 0 radical (unpaired) electrons. The Kier molecular flexibility index (Phi) is 7.02. The van der Waals surface area contributed by atoms with E-state index in [4.69, 9.17) is 9.47 Å². The van der Waals surface area contributed by atoms with Crippen LogP contribution >= 0.6 is 0 Å². The molecule has 3 aromatic rings. The largest absolute Gasteiger partial charge is 0.497 e. The zero-order chi connectivity index (χ0) is 22.2. The van der Waals surface area contributed by atoms with E-state index < -0.39 is 5.91 Å². The Hall–Kier alpha value is -4.11. The topological polar surface area (TPSA) is 71.3 Å². The van der Waals surface area contributed by atoms with Gasteiger partial charge in [-0.05, 0) is 42.8 Å². The number of hydrogen-bond donors (Lipinski definition) is 1. The van der Waals surface area contributed by atoms with Crippen LogP contribution in [0.1, 0.15) is 16.7 Å². The van der Waals surface area contributed by atoms with Crippen molar-refractivity contribution >= 4 is 17.7 Å². The number of halogens is 1. The van der Waals surface area contributed by atoms with E-state index in [2.05, 4.69) is 5.32 Å². The molecule has 0 bridgehead atoms. The van der Waals surface area contributed by atoms with E-state index in [0.717, 1.165) is 5.56 Å². The SMILES string of the molecule is COc1ccc(/C=C(\C#N)C(=O)Nc2ccccc2C)c(OCc2ccccc2F)c1. The van der Waals surface area contributed by atoms with Crippen LogP contribution in [0, 0.1) is 24.1 Å². The van der Waals surface area contributed by atoms with Crippen molar-refractivity contribution in [2.24, 2.45) is 0 Å². The summed E-state index contributed by atoms with van der Waals surface area (Å²) in [6.45, 7) is 1.85. The molecule has 0 aliphatic rings. The van der Waals surface area contributed by atoms with Gasteiger partial charge in [-0.25, -0.2) is 4.39 Å². The quantitative estimate of drug-likeness (QED) is 0.421. The molecule has 5 nitrogen and oxygen atoms in total. The molecule has 31 heavy (non-hydrogen) atoms. The first-order valence-electron chi connectivity index (χ1n) is 9.55. The van der Waals surface area contributed by atoms with E-state index in [0.29, 0.717) is 28.3 Å². The molecule has 3 rings (SSSR count). The number of ether oxygens (including phenoxy) is 2. The number of carbonyl (C=O) groups excluding carboxylic acids is 1. The van der Waals surface area contributed by atoms with Crippen LogP contribution in [0.3, 0.4) is 0 Å². The van der Waals surface area contributed by atoms with Gasteiger partial charge in [0.1, 0.15) is 35.6 Å². The fraction of sp³-hybridized carbons (Fsp3) is 0.120. The monoisotopic (exact) mass is 416 g/mol. The summed E-state index contributed by atoms with van der Waals surface area (Å²) in [7, 11) is 1.52. The third-order valence-corrected chi connectivity index (χ3v) is 4.62. The van der Waals surface area contributed by atoms with Crippen molar-refractivity contribution < 1.29 is 18.7 Å². The van der Waals surface area contributed by atoms with Crippen LogP contribution in [0.2, 0.25) is 0 Å². The van der Waals surface area contributed by atoms with Crippen LogP contribution < -0.4 is 14.8 Å². The summed E-state index contributed by atoms with van der Waals surface area (Å²) in [4.78, 5) is 12.6. The van der Waals surface area contributed by atoms with Gasteiger partial charge in [-0.1, -0.05) is 36.4 Å². The van der Waals surface area contributed by atoms with Gasteiger partial charge in [0.15, 0.2) is 0 Å². The molecular formula is C25H21FN2O3. The first kappa shape index (κ1) is 21.6. The van der Waals surface area contributed by atoms with E-state index in [1.165, 1.54) is 19.3 Å². The van der Waals surface area contributed by atoms with Crippen LogP contribution in [0.15, 0.2) is 72.3 Å². The molecule has 1 amide bonds. The third kappa shape index (κ3) is 5.49. The van der Waals surface area contributed by atoms with Gasteiger partial charge in [-0.3, -0.25) is 4.79 Å². The molecule has 0 spiro atoms. The Morgan fingerprint density at radius 2 is 1.87 bits per heavy atom. The molecular weight excluding hydrogens is 395 g/mol. The smallest absolute Gasteiger partial charge is 0.266 e. The number of amides is 1. The second-order valence-electron chi connectivity index (χ2n) is 6.72. The second kappa shape index (κ2) is 10.1. The minimum Gasteiger partial charge on any atom is -0.497 e. The van der Waals surface area contributed by atoms with Crippen LogP contribution in [0.4, 0.5) is 10.1 Å². The average molecular weight is 416 g/mol. The lowest BCUT2D eigenvalue weighted by atomic mass is 10.1. The number of anilines is 1. The highest BCUT2D eigenvalue weighted by molar-refractivity contribution is 6.10. The van der Waals surface area contributed by atoms with Crippen molar-refractivity contribution in [3.8, 4) is 17.6 Å². The van der Waals surface area contributed by atoms with Crippen LogP contribution in [-0.4, -0.2) is 13.0 Å². The van der Waals surface area contributed by atoms with Crippen molar-refractivity contribution in [3.63, 3.8) is 0 Å². The second-order valence-corrected chi connectivity index (χ2v) is 6.72. The zero-order valence-electron chi connectivity index (χ0n) is 17.2. The zero-order valence-corrected chi connectivity index (χ0v) is 17.2. The molecule has 0 heterocycles. The summed E-state index contributed by atoms with van der Waals surface area (Å²) in [5.74, 6) is -0.0203. The lowest BCUT2D eigenvalue weighted by molar-refractivity contribution is -0.112. The standard InChI is InChI=1S/C25H21FN2O3/c1-17-7-3-6-10-23(17)28-25(29)20(15-27)13-18-11-12-21(30-2)14-24(18)31-16-19-8-4-5-9-22(19)26/h3-14H,16H2,1-2H3,(H,28,29)/b20-13+. The molecule has 6 heteroatoms. The molecule has 156 valence electrons. The Morgan fingerprint density at radius 3 is 2.58 bits per heavy atom. The number of nitriles is 1. The van der Waals surface area contributed by atoms with Gasteiger partial charge in [-0.2, -0.15) is 5.26 Å². The summed E-state index contributed by atoms with van der Waals surface area (Å²) in [5, 5.41) is 12.3. The van der Waals surface area contributed by atoms with E-state index in [-0.39, 0.29) is 18.0 Å². The Morgan fingerprint density at radius 1 is 1.13 bits per heavy atom. The van der Waals surface area contributed by atoms with Crippen LogP contribution in [0.5, 0.6) is 11.5 Å². The summed E-state index contributed by atoms with van der Waals surface area (Å²) in [5.41, 5.74) is 2.29. The number of methoxy groups -OCH3 is 1. The Balaban J connectivity index is 1.88. The van der Waals surface area contributed by atoms with Crippen molar-refractivity contribution in [3.05, 3.63) is 94.8 Å². The fourth-order valence-electron chi connectivity index (χ4n) is 2.86. The van der Waals surface area contributed by atoms with Crippen molar-refractivity contribution in [1.82, 2.24) is 0 Å². The van der Waals surface area contributed by atoms with Crippen molar-refractivity contribution in [1.29, 1.82) is 5.26 Å². The van der Waals surface area contributed by atoms with Crippen LogP contribution in [0.25, 0.3) is 6.08 Å². The minimum atomic E-state index is -0.535. The highest BCUT2D eigenvalue weighted by Crippen LogP contribution is 2.28. The molecule has 3 aromatic carbocycles. The number of benzene rings is 3. The van der Waals surface area contributed by atoms with Gasteiger partial charge in [-0.15, -0.1) is 0 Å². The molecule has 0 aliphatic heterocycles. The number of nitrogens with one attached hydrogen (secondary N) is 1. The predicted molar refractivity (Wildman–Crippen MR) is 117 cm³/mol. The maximum absolute atomic E-state index is 13.9. The predicted octanol–water partition coefficient (Wildman–Crippen LogP) is 5.27. The van der Waals surface area contributed by atoms with E-state index in [1.807, 2.05) is 25.1 Å². The highest BCUT2D eigenvalue weighted by Gasteiger charge is 2.13. The lowest BCUT2D eigenvalue weighted by Gasteiger charge is -2.12. The molecule has 0 atom stereocenters. The number of carbonyl (C=O) groups is 1. The van der Waals surface area contributed by atoms with Crippen LogP contribution in [-0.2, 0) is 11.4 Å². The minimum absolute atomic E-state index is 0.0159. The molecule has 0 aromatic heterocycles. The van der Waals surface area contributed by atoms with Gasteiger partial charge < -0.3 is 14.8 Å². The van der Waals surface area contributed by atoms with E-state index >= 15 is 0 Å². The van der Waals surface area contributed by atoms with Gasteiger partial charge in [0, 0.05) is 22.9 Å². The molecule has 0 unspecified atom stereocenters. The molecule has 0 aliphatic carbocycles. The number of aryl methyl sites for hydroxylation is 1. The van der Waals surface area contributed by atoms with Gasteiger partial charge in [0.05, 0.1) is 7.11 Å². The number of hydrogen-bond acceptors (Lipinski definition) is 4. The molecule has 0 saturated heterocycles. The lowest BCUT2D eigenvalue weighted by Crippen LogP contribution is -2.14. The summed E-state index contributed by atoms with van der Waals surface area (Å²) < 4.78 is 25.0. The molecule has 0 fully saturated rings. The van der Waals surface area contributed by atoms with Gasteiger partial charge in [0.25, 0.3) is 5.91 Å². The van der Waals surface area contributed by atoms with Gasteiger partial charge >= 0.3 is 0 Å². The third-order valence-electron chi connectivity index (χ3n) is 4.62. The molecule has 1 N–H and O–H groups in total. The van der Waals surface area contributed by atoms with Crippen molar-refractivity contribution in [2.75, 3.05) is 12.4 Å². The maximum Gasteiger partial charge on any atom is 0.266 e. The Bertz CT molecular complexity index is 1170. The van der Waals surface area contributed by atoms with E-state index in [9.17, 15) is 14.4 Å². The van der Waals surface area contributed by atoms with E-state index in [1.54, 1.807) is 48.5 Å². The first-order valence-corrected chi connectivity index (χ1v) is 9.55.